The molecule has 5 nitrogen and oxygen atoms in total. The summed E-state index contributed by atoms with van der Waals surface area (Å²) in [6, 6.07) is 6.43. The lowest BCUT2D eigenvalue weighted by Gasteiger charge is -2.20. The number of nitrogens with zero attached hydrogens (tertiary/aromatic N) is 1. The maximum absolute atomic E-state index is 11.6. The van der Waals surface area contributed by atoms with E-state index in [1.54, 1.807) is 24.3 Å². The summed E-state index contributed by atoms with van der Waals surface area (Å²) in [4.78, 5) is 24.4. The van der Waals surface area contributed by atoms with Gasteiger partial charge < -0.3 is 14.4 Å². The molecule has 0 saturated heterocycles. The predicted octanol–water partition coefficient (Wildman–Crippen LogP) is 2.12. The van der Waals surface area contributed by atoms with Gasteiger partial charge in [0.15, 0.2) is 0 Å². The number of anilines is 1. The Morgan fingerprint density at radius 3 is 2.86 bits per heavy atom. The van der Waals surface area contributed by atoms with Crippen LogP contribution in [0.15, 0.2) is 46.1 Å². The summed E-state index contributed by atoms with van der Waals surface area (Å²) in [6.07, 6.45) is 7.04. The number of carbonyl (C=O) groups is 1. The zero-order chi connectivity index (χ0) is 15.4. The van der Waals surface area contributed by atoms with Crippen LogP contribution in [0.2, 0.25) is 0 Å². The Morgan fingerprint density at radius 2 is 2.24 bits per heavy atom. The first kappa shape index (κ1) is 14.4. The molecule has 0 unspecified atom stereocenters. The Bertz CT molecular complexity index is 798. The SMILES string of the molecule is C#CCN(CC=C)c1ccc2cc(C(=O)O)c(=O)oc2c1. The van der Waals surface area contributed by atoms with Crippen molar-refractivity contribution in [1.82, 2.24) is 0 Å². The van der Waals surface area contributed by atoms with Crippen molar-refractivity contribution >= 4 is 22.6 Å². The molecule has 2 aromatic rings. The molecule has 0 saturated carbocycles. The first-order valence-corrected chi connectivity index (χ1v) is 6.17. The summed E-state index contributed by atoms with van der Waals surface area (Å²) < 4.78 is 5.06. The van der Waals surface area contributed by atoms with Crippen LogP contribution in [0, 0.1) is 12.3 Å². The van der Waals surface area contributed by atoms with E-state index in [0.29, 0.717) is 24.1 Å². The molecule has 0 amide bonds. The number of fused-ring (bicyclic) bond motifs is 1. The molecule has 1 N–H and O–H groups in total. The third-order valence-electron chi connectivity index (χ3n) is 2.95. The van der Waals surface area contributed by atoms with Gasteiger partial charge in [-0.25, -0.2) is 9.59 Å². The van der Waals surface area contributed by atoms with Gasteiger partial charge in [-0.3, -0.25) is 0 Å². The molecule has 0 aliphatic heterocycles. The highest BCUT2D eigenvalue weighted by atomic mass is 16.4. The van der Waals surface area contributed by atoms with Crippen molar-refractivity contribution < 1.29 is 14.3 Å². The van der Waals surface area contributed by atoms with Gasteiger partial charge in [0.05, 0.1) is 6.54 Å². The van der Waals surface area contributed by atoms with E-state index >= 15 is 0 Å². The van der Waals surface area contributed by atoms with Gasteiger partial charge in [-0.2, -0.15) is 0 Å². The van der Waals surface area contributed by atoms with Crippen LogP contribution in [0.4, 0.5) is 5.69 Å². The van der Waals surface area contributed by atoms with Crippen molar-refractivity contribution in [2.24, 2.45) is 0 Å². The quantitative estimate of drug-likeness (QED) is 0.517. The van der Waals surface area contributed by atoms with E-state index in [1.165, 1.54) is 6.07 Å². The predicted molar refractivity (Wildman–Crippen MR) is 80.7 cm³/mol. The van der Waals surface area contributed by atoms with Crippen molar-refractivity contribution in [2.45, 2.75) is 0 Å². The van der Waals surface area contributed by atoms with E-state index < -0.39 is 11.6 Å². The Balaban J connectivity index is 2.54. The fourth-order valence-corrected chi connectivity index (χ4v) is 1.97. The molecule has 0 atom stereocenters. The normalized spacial score (nSPS) is 10.0. The molecule has 1 aromatic carbocycles. The topological polar surface area (TPSA) is 70.8 Å². The summed E-state index contributed by atoms with van der Waals surface area (Å²) >= 11 is 0. The van der Waals surface area contributed by atoms with Crippen molar-refractivity contribution in [3.63, 3.8) is 0 Å². The highest BCUT2D eigenvalue weighted by molar-refractivity contribution is 5.92. The van der Waals surface area contributed by atoms with E-state index in [1.807, 2.05) is 4.90 Å². The van der Waals surface area contributed by atoms with E-state index in [-0.39, 0.29) is 5.56 Å². The van der Waals surface area contributed by atoms with Gasteiger partial charge in [-0.05, 0) is 18.2 Å². The van der Waals surface area contributed by atoms with Gasteiger partial charge in [0.2, 0.25) is 0 Å². The zero-order valence-corrected chi connectivity index (χ0v) is 11.2. The van der Waals surface area contributed by atoms with Gasteiger partial charge in [-0.15, -0.1) is 13.0 Å². The smallest absolute Gasteiger partial charge is 0.351 e. The van der Waals surface area contributed by atoms with E-state index in [9.17, 15) is 9.59 Å². The molecule has 21 heavy (non-hydrogen) atoms. The highest BCUT2D eigenvalue weighted by Gasteiger charge is 2.13. The van der Waals surface area contributed by atoms with Crippen LogP contribution in [-0.2, 0) is 0 Å². The largest absolute Gasteiger partial charge is 0.477 e. The van der Waals surface area contributed by atoms with E-state index in [2.05, 4.69) is 12.5 Å². The molecule has 0 radical (unpaired) electrons. The van der Waals surface area contributed by atoms with Crippen molar-refractivity contribution in [3.05, 3.63) is 52.9 Å². The maximum Gasteiger partial charge on any atom is 0.351 e. The van der Waals surface area contributed by atoms with Crippen LogP contribution >= 0.6 is 0 Å². The number of carboxylic acids is 1. The molecule has 0 aliphatic carbocycles. The maximum atomic E-state index is 11.6. The van der Waals surface area contributed by atoms with Gasteiger partial charge in [0, 0.05) is 23.7 Å². The fourth-order valence-electron chi connectivity index (χ4n) is 1.97. The molecule has 0 spiro atoms. The third-order valence-corrected chi connectivity index (χ3v) is 2.95. The average molecular weight is 283 g/mol. The summed E-state index contributed by atoms with van der Waals surface area (Å²) in [5, 5.41) is 9.44. The summed E-state index contributed by atoms with van der Waals surface area (Å²) in [6.45, 7) is 4.60. The van der Waals surface area contributed by atoms with Crippen LogP contribution in [0.25, 0.3) is 11.0 Å². The minimum atomic E-state index is -1.31. The van der Waals surface area contributed by atoms with Gasteiger partial charge in [0.1, 0.15) is 11.1 Å². The van der Waals surface area contributed by atoms with Gasteiger partial charge >= 0.3 is 11.6 Å². The fraction of sp³-hybridized carbons (Fsp3) is 0.125. The molecule has 5 heteroatoms. The molecule has 0 fully saturated rings. The highest BCUT2D eigenvalue weighted by Crippen LogP contribution is 2.22. The Labute approximate surface area is 121 Å². The van der Waals surface area contributed by atoms with Gasteiger partial charge in [0.25, 0.3) is 0 Å². The number of benzene rings is 1. The molecule has 1 aromatic heterocycles. The second kappa shape index (κ2) is 5.97. The first-order valence-electron chi connectivity index (χ1n) is 6.17. The molecule has 0 bridgehead atoms. The number of terminal acetylenes is 1. The van der Waals surface area contributed by atoms with Crippen molar-refractivity contribution in [3.8, 4) is 12.3 Å². The lowest BCUT2D eigenvalue weighted by atomic mass is 10.1. The third kappa shape index (κ3) is 2.95. The van der Waals surface area contributed by atoms with Crippen LogP contribution < -0.4 is 10.5 Å². The molecular formula is C16H13NO4. The Hall–Kier alpha value is -3.00. The summed E-state index contributed by atoms with van der Waals surface area (Å²) in [5.74, 6) is 1.23. The van der Waals surface area contributed by atoms with E-state index in [0.717, 1.165) is 5.69 Å². The number of rotatable bonds is 5. The minimum Gasteiger partial charge on any atom is -0.477 e. The lowest BCUT2D eigenvalue weighted by Crippen LogP contribution is -2.23. The molecule has 2 rings (SSSR count). The first-order chi connectivity index (χ1) is 10.1. The summed E-state index contributed by atoms with van der Waals surface area (Å²) in [5.41, 5.74) is -0.179. The molecule has 0 aliphatic rings. The van der Waals surface area contributed by atoms with E-state index in [4.69, 9.17) is 15.9 Å². The summed E-state index contributed by atoms with van der Waals surface area (Å²) in [7, 11) is 0. The van der Waals surface area contributed by atoms with Crippen LogP contribution in [0.5, 0.6) is 0 Å². The van der Waals surface area contributed by atoms with Crippen molar-refractivity contribution in [1.29, 1.82) is 0 Å². The minimum absolute atomic E-state index is 0.314. The van der Waals surface area contributed by atoms with Crippen LogP contribution in [0.1, 0.15) is 10.4 Å². The number of hydrogen-bond acceptors (Lipinski definition) is 4. The van der Waals surface area contributed by atoms with Crippen LogP contribution in [-0.4, -0.2) is 24.2 Å². The number of hydrogen-bond donors (Lipinski definition) is 1. The average Bonchev–Trinajstić information content (AvgIpc) is 2.45. The number of carboxylic acid groups (broad SMARTS) is 1. The standard InChI is InChI=1S/C16H13NO4/c1-3-7-17(8-4-2)12-6-5-11-9-13(15(18)19)16(20)21-14(11)10-12/h1,4-6,9-10H,2,7-8H2,(H,18,19). The Morgan fingerprint density at radius 1 is 1.48 bits per heavy atom. The molecular weight excluding hydrogens is 270 g/mol. The molecule has 1 heterocycles. The lowest BCUT2D eigenvalue weighted by molar-refractivity contribution is 0.0692. The Kier molecular flexibility index (Phi) is 4.10. The monoisotopic (exact) mass is 283 g/mol. The second-order valence-corrected chi connectivity index (χ2v) is 4.35. The second-order valence-electron chi connectivity index (χ2n) is 4.35. The van der Waals surface area contributed by atoms with Gasteiger partial charge in [-0.1, -0.05) is 12.0 Å². The number of aromatic carboxylic acids is 1. The van der Waals surface area contributed by atoms with Crippen LogP contribution in [0.3, 0.4) is 0 Å². The van der Waals surface area contributed by atoms with Crippen molar-refractivity contribution in [2.75, 3.05) is 18.0 Å². The zero-order valence-electron chi connectivity index (χ0n) is 11.2. The molecule has 106 valence electrons.